The molecule has 0 aromatic heterocycles. The van der Waals surface area contributed by atoms with E-state index in [9.17, 15) is 4.79 Å². The van der Waals surface area contributed by atoms with E-state index in [0.29, 0.717) is 12.3 Å². The van der Waals surface area contributed by atoms with Gasteiger partial charge in [0.15, 0.2) is 0 Å². The molecule has 27 heavy (non-hydrogen) atoms. The SMILES string of the molecule is CON=C(C)c1ccc(OCc2c(C)cccc2NC(=O)N(C)N)c(C)c1. The number of nitrogens with two attached hydrogens (primary N) is 1. The summed E-state index contributed by atoms with van der Waals surface area (Å²) < 4.78 is 6.01. The highest BCUT2D eigenvalue weighted by Gasteiger charge is 2.12. The Balaban J connectivity index is 2.19. The molecule has 2 rings (SSSR count). The zero-order chi connectivity index (χ0) is 20.0. The van der Waals surface area contributed by atoms with Gasteiger partial charge < -0.3 is 14.9 Å². The van der Waals surface area contributed by atoms with Crippen LogP contribution in [0.2, 0.25) is 0 Å². The summed E-state index contributed by atoms with van der Waals surface area (Å²) in [5, 5.41) is 7.74. The number of carbonyl (C=O) groups excluding carboxylic acids is 1. The number of oxime groups is 1. The van der Waals surface area contributed by atoms with Gasteiger partial charge in [0.25, 0.3) is 0 Å². The predicted octanol–water partition coefficient (Wildman–Crippen LogP) is 3.59. The number of rotatable bonds is 6. The zero-order valence-electron chi connectivity index (χ0n) is 16.4. The van der Waals surface area contributed by atoms with Gasteiger partial charge >= 0.3 is 6.03 Å². The minimum absolute atomic E-state index is 0.321. The number of amides is 2. The lowest BCUT2D eigenvalue weighted by molar-refractivity contribution is 0.213. The number of anilines is 1. The van der Waals surface area contributed by atoms with Crippen molar-refractivity contribution in [2.75, 3.05) is 19.5 Å². The average Bonchev–Trinajstić information content (AvgIpc) is 2.62. The lowest BCUT2D eigenvalue weighted by Crippen LogP contribution is -2.37. The van der Waals surface area contributed by atoms with E-state index in [-0.39, 0.29) is 0 Å². The number of urea groups is 1. The lowest BCUT2D eigenvalue weighted by atomic mass is 10.1. The summed E-state index contributed by atoms with van der Waals surface area (Å²) in [6.45, 7) is 6.15. The molecule has 2 amide bonds. The van der Waals surface area contributed by atoms with Gasteiger partial charge in [-0.2, -0.15) is 0 Å². The maximum absolute atomic E-state index is 11.9. The summed E-state index contributed by atoms with van der Waals surface area (Å²) in [5.41, 5.74) is 5.34. The molecular weight excluding hydrogens is 344 g/mol. The fourth-order valence-corrected chi connectivity index (χ4v) is 2.59. The van der Waals surface area contributed by atoms with Crippen LogP contribution in [0.3, 0.4) is 0 Å². The molecule has 0 unspecified atom stereocenters. The number of carbonyl (C=O) groups is 1. The van der Waals surface area contributed by atoms with E-state index in [1.165, 1.54) is 14.2 Å². The number of benzene rings is 2. The molecule has 144 valence electrons. The molecule has 2 aromatic carbocycles. The highest BCUT2D eigenvalue weighted by Crippen LogP contribution is 2.25. The molecule has 0 bridgehead atoms. The van der Waals surface area contributed by atoms with Gasteiger partial charge in [-0.05, 0) is 61.7 Å². The fourth-order valence-electron chi connectivity index (χ4n) is 2.59. The Kier molecular flexibility index (Phi) is 6.79. The first-order valence-electron chi connectivity index (χ1n) is 8.53. The Morgan fingerprint density at radius 1 is 1.22 bits per heavy atom. The van der Waals surface area contributed by atoms with Crippen LogP contribution in [0.1, 0.15) is 29.2 Å². The number of hydrogen-bond acceptors (Lipinski definition) is 5. The second kappa shape index (κ2) is 9.05. The van der Waals surface area contributed by atoms with Crippen molar-refractivity contribution in [3.63, 3.8) is 0 Å². The van der Waals surface area contributed by atoms with E-state index in [1.54, 1.807) is 0 Å². The lowest BCUT2D eigenvalue weighted by Gasteiger charge is -2.17. The topological polar surface area (TPSA) is 89.2 Å². The van der Waals surface area contributed by atoms with Crippen LogP contribution in [0.4, 0.5) is 10.5 Å². The molecule has 0 saturated carbocycles. The van der Waals surface area contributed by atoms with Crippen LogP contribution >= 0.6 is 0 Å². The summed E-state index contributed by atoms with van der Waals surface area (Å²) >= 11 is 0. The summed E-state index contributed by atoms with van der Waals surface area (Å²) in [5.74, 6) is 6.25. The van der Waals surface area contributed by atoms with Crippen molar-refractivity contribution in [1.82, 2.24) is 5.01 Å². The number of hydrazine groups is 1. The van der Waals surface area contributed by atoms with Crippen molar-refractivity contribution in [1.29, 1.82) is 0 Å². The third-order valence-electron chi connectivity index (χ3n) is 4.17. The molecule has 2 aromatic rings. The van der Waals surface area contributed by atoms with Crippen LogP contribution in [0, 0.1) is 13.8 Å². The molecule has 0 aliphatic heterocycles. The van der Waals surface area contributed by atoms with Crippen molar-refractivity contribution < 1.29 is 14.4 Å². The molecule has 7 nitrogen and oxygen atoms in total. The van der Waals surface area contributed by atoms with Crippen molar-refractivity contribution in [3.05, 3.63) is 58.7 Å². The summed E-state index contributed by atoms with van der Waals surface area (Å²) in [6, 6.07) is 11.1. The van der Waals surface area contributed by atoms with Crippen LogP contribution in [-0.2, 0) is 11.4 Å². The largest absolute Gasteiger partial charge is 0.489 e. The third-order valence-corrected chi connectivity index (χ3v) is 4.17. The third kappa shape index (κ3) is 5.21. The minimum atomic E-state index is -0.393. The van der Waals surface area contributed by atoms with Gasteiger partial charge in [-0.1, -0.05) is 17.3 Å². The maximum atomic E-state index is 11.9. The van der Waals surface area contributed by atoms with Crippen molar-refractivity contribution in [2.45, 2.75) is 27.4 Å². The second-order valence-electron chi connectivity index (χ2n) is 6.27. The molecule has 0 fully saturated rings. The van der Waals surface area contributed by atoms with E-state index < -0.39 is 6.03 Å². The molecule has 0 spiro atoms. The summed E-state index contributed by atoms with van der Waals surface area (Å²) in [6.07, 6.45) is 0. The molecule has 0 aliphatic carbocycles. The van der Waals surface area contributed by atoms with Crippen molar-refractivity contribution in [2.24, 2.45) is 11.0 Å². The molecule has 0 heterocycles. The predicted molar refractivity (Wildman–Crippen MR) is 107 cm³/mol. The molecule has 0 atom stereocenters. The Labute approximate surface area is 159 Å². The van der Waals surface area contributed by atoms with E-state index >= 15 is 0 Å². The minimum Gasteiger partial charge on any atom is -0.489 e. The number of aryl methyl sites for hydroxylation is 2. The fraction of sp³-hybridized carbons (Fsp3) is 0.300. The standard InChI is InChI=1S/C20H26N4O3/c1-13-7-6-8-18(22-20(25)24(4)21)17(13)12-27-19-10-9-16(11-14(19)2)15(3)23-26-5/h6-11H,12,21H2,1-5H3,(H,22,25). The number of nitrogens with one attached hydrogen (secondary N) is 1. The molecule has 0 aliphatic rings. The van der Waals surface area contributed by atoms with Crippen LogP contribution in [-0.4, -0.2) is 30.9 Å². The van der Waals surface area contributed by atoms with Crippen LogP contribution in [0.15, 0.2) is 41.6 Å². The Bertz CT molecular complexity index is 847. The van der Waals surface area contributed by atoms with Gasteiger partial charge in [-0.3, -0.25) is 5.01 Å². The highest BCUT2D eigenvalue weighted by atomic mass is 16.6. The van der Waals surface area contributed by atoms with Crippen LogP contribution in [0.5, 0.6) is 5.75 Å². The zero-order valence-corrected chi connectivity index (χ0v) is 16.4. The quantitative estimate of drug-likeness (QED) is 0.352. The summed E-state index contributed by atoms with van der Waals surface area (Å²) in [7, 11) is 3.01. The monoisotopic (exact) mass is 370 g/mol. The van der Waals surface area contributed by atoms with Gasteiger partial charge in [0.2, 0.25) is 0 Å². The smallest absolute Gasteiger partial charge is 0.335 e. The second-order valence-corrected chi connectivity index (χ2v) is 6.27. The first-order valence-corrected chi connectivity index (χ1v) is 8.53. The van der Waals surface area contributed by atoms with Gasteiger partial charge in [-0.25, -0.2) is 10.6 Å². The number of ether oxygens (including phenoxy) is 1. The molecule has 7 heteroatoms. The number of hydrogen-bond donors (Lipinski definition) is 2. The highest BCUT2D eigenvalue weighted by molar-refractivity contribution is 5.98. The number of nitrogens with zero attached hydrogens (tertiary/aromatic N) is 2. The maximum Gasteiger partial charge on any atom is 0.335 e. The van der Waals surface area contributed by atoms with Gasteiger partial charge in [0.05, 0.1) is 5.71 Å². The van der Waals surface area contributed by atoms with Crippen molar-refractivity contribution in [3.8, 4) is 5.75 Å². The first kappa shape index (κ1) is 20.3. The van der Waals surface area contributed by atoms with Gasteiger partial charge in [0, 0.05) is 18.3 Å². The molecule has 3 N–H and O–H groups in total. The van der Waals surface area contributed by atoms with E-state index in [0.717, 1.165) is 38.7 Å². The van der Waals surface area contributed by atoms with Crippen LogP contribution in [0.25, 0.3) is 0 Å². The average molecular weight is 370 g/mol. The Morgan fingerprint density at radius 3 is 2.59 bits per heavy atom. The summed E-state index contributed by atoms with van der Waals surface area (Å²) in [4.78, 5) is 16.7. The van der Waals surface area contributed by atoms with E-state index in [2.05, 4.69) is 10.5 Å². The Hall–Kier alpha value is -3.06. The van der Waals surface area contributed by atoms with E-state index in [4.69, 9.17) is 15.4 Å². The molecule has 0 saturated heterocycles. The van der Waals surface area contributed by atoms with Crippen molar-refractivity contribution >= 4 is 17.4 Å². The Morgan fingerprint density at radius 2 is 1.96 bits per heavy atom. The van der Waals surface area contributed by atoms with Gasteiger partial charge in [0.1, 0.15) is 19.5 Å². The van der Waals surface area contributed by atoms with Gasteiger partial charge in [-0.15, -0.1) is 0 Å². The molecular formula is C20H26N4O3. The normalized spacial score (nSPS) is 11.1. The molecule has 0 radical (unpaired) electrons. The van der Waals surface area contributed by atoms with Crippen LogP contribution < -0.4 is 15.9 Å². The van der Waals surface area contributed by atoms with E-state index in [1.807, 2.05) is 57.2 Å². The first-order chi connectivity index (χ1) is 12.8.